The molecule has 0 aliphatic heterocycles. The van der Waals surface area contributed by atoms with Crippen molar-refractivity contribution in [3.63, 3.8) is 0 Å². The van der Waals surface area contributed by atoms with Crippen molar-refractivity contribution in [3.8, 4) is 0 Å². The van der Waals surface area contributed by atoms with Crippen LogP contribution in [0.5, 0.6) is 0 Å². The molecule has 0 saturated carbocycles. The molecule has 0 bridgehead atoms. The summed E-state index contributed by atoms with van der Waals surface area (Å²) in [5, 5.41) is 9.43. The Bertz CT molecular complexity index is 246. The van der Waals surface area contributed by atoms with Crippen LogP contribution in [0.15, 0.2) is 23.5 Å². The summed E-state index contributed by atoms with van der Waals surface area (Å²) in [6.45, 7) is 17.2. The Balaban J connectivity index is 0. The Morgan fingerprint density at radius 3 is 1.89 bits per heavy atom. The van der Waals surface area contributed by atoms with Gasteiger partial charge in [0, 0.05) is 6.42 Å². The quantitative estimate of drug-likeness (QED) is 0.446. The molecule has 0 aromatic heterocycles. The number of rotatable bonds is 6. The molecule has 0 aromatic carbocycles. The molecular weight excluding hydrogens is 220 g/mol. The fraction of sp³-hybridized carbons (Fsp3) is 0.765. The molecule has 1 N–H and O–H groups in total. The SMILES string of the molecule is CC.CC/C(O)=C\C=C(/C)C(CC(C)C)C(C)C. The van der Waals surface area contributed by atoms with Crippen LogP contribution in [0.25, 0.3) is 0 Å². The number of allylic oxidation sites excluding steroid dienone is 4. The van der Waals surface area contributed by atoms with Crippen molar-refractivity contribution in [2.24, 2.45) is 17.8 Å². The summed E-state index contributed by atoms with van der Waals surface area (Å²) in [4.78, 5) is 0. The predicted octanol–water partition coefficient (Wildman–Crippen LogP) is 6.13. The highest BCUT2D eigenvalue weighted by molar-refractivity contribution is 5.15. The molecule has 108 valence electrons. The highest BCUT2D eigenvalue weighted by Gasteiger charge is 2.16. The summed E-state index contributed by atoms with van der Waals surface area (Å²) in [6.07, 6.45) is 5.85. The maximum atomic E-state index is 9.43. The van der Waals surface area contributed by atoms with Crippen LogP contribution < -0.4 is 0 Å². The number of aliphatic hydroxyl groups excluding tert-OH is 1. The van der Waals surface area contributed by atoms with Crippen LogP contribution in [-0.4, -0.2) is 5.11 Å². The molecule has 0 aliphatic carbocycles. The zero-order valence-corrected chi connectivity index (χ0v) is 13.7. The van der Waals surface area contributed by atoms with E-state index in [0.29, 0.717) is 24.0 Å². The van der Waals surface area contributed by atoms with Crippen LogP contribution in [0.4, 0.5) is 0 Å². The van der Waals surface area contributed by atoms with E-state index in [1.165, 1.54) is 12.0 Å². The van der Waals surface area contributed by atoms with Gasteiger partial charge >= 0.3 is 0 Å². The lowest BCUT2D eigenvalue weighted by Crippen LogP contribution is -2.13. The summed E-state index contributed by atoms with van der Waals surface area (Å²) in [5.41, 5.74) is 1.38. The molecule has 1 unspecified atom stereocenters. The third kappa shape index (κ3) is 9.32. The van der Waals surface area contributed by atoms with E-state index < -0.39 is 0 Å². The van der Waals surface area contributed by atoms with Crippen LogP contribution >= 0.6 is 0 Å². The third-order valence-electron chi connectivity index (χ3n) is 3.02. The molecule has 0 aromatic rings. The normalized spacial score (nSPS) is 14.6. The van der Waals surface area contributed by atoms with Gasteiger partial charge in [0.05, 0.1) is 5.76 Å². The van der Waals surface area contributed by atoms with Gasteiger partial charge in [0.25, 0.3) is 0 Å². The number of hydrogen-bond donors (Lipinski definition) is 1. The highest BCUT2D eigenvalue weighted by Crippen LogP contribution is 2.27. The van der Waals surface area contributed by atoms with E-state index in [0.717, 1.165) is 5.92 Å². The minimum absolute atomic E-state index is 0.464. The minimum atomic E-state index is 0.464. The van der Waals surface area contributed by atoms with Crippen LogP contribution in [0.3, 0.4) is 0 Å². The van der Waals surface area contributed by atoms with E-state index >= 15 is 0 Å². The second-order valence-electron chi connectivity index (χ2n) is 5.40. The van der Waals surface area contributed by atoms with Crippen molar-refractivity contribution in [1.82, 2.24) is 0 Å². The summed E-state index contributed by atoms with van der Waals surface area (Å²) in [7, 11) is 0. The Morgan fingerprint density at radius 2 is 1.56 bits per heavy atom. The molecule has 1 atom stereocenters. The van der Waals surface area contributed by atoms with Crippen molar-refractivity contribution in [2.75, 3.05) is 0 Å². The fourth-order valence-corrected chi connectivity index (χ4v) is 1.96. The van der Waals surface area contributed by atoms with Crippen molar-refractivity contribution in [1.29, 1.82) is 0 Å². The second-order valence-corrected chi connectivity index (χ2v) is 5.40. The molecule has 0 heterocycles. The standard InChI is InChI=1S/C15H28O.C2H6/c1-7-14(16)9-8-13(6)15(12(4)5)10-11(2)3;1-2/h8-9,11-12,15-16H,7,10H2,1-6H3;1-2H3/b13-8+,14-9+;. The molecule has 0 rings (SSSR count). The van der Waals surface area contributed by atoms with Crippen molar-refractivity contribution < 1.29 is 5.11 Å². The smallest absolute Gasteiger partial charge is 0.0919 e. The summed E-state index contributed by atoms with van der Waals surface area (Å²) < 4.78 is 0. The zero-order valence-electron chi connectivity index (χ0n) is 13.7. The van der Waals surface area contributed by atoms with E-state index in [4.69, 9.17) is 0 Å². The first kappa shape index (κ1) is 19.6. The molecule has 0 fully saturated rings. The monoisotopic (exact) mass is 254 g/mol. The number of aliphatic hydroxyl groups is 1. The Hall–Kier alpha value is -0.720. The molecule has 1 heteroatoms. The Labute approximate surface area is 115 Å². The lowest BCUT2D eigenvalue weighted by atomic mass is 9.82. The summed E-state index contributed by atoms with van der Waals surface area (Å²) in [5.74, 6) is 2.47. The average molecular weight is 254 g/mol. The lowest BCUT2D eigenvalue weighted by Gasteiger charge is -2.23. The van der Waals surface area contributed by atoms with Gasteiger partial charge < -0.3 is 5.11 Å². The molecule has 0 aliphatic rings. The predicted molar refractivity (Wildman–Crippen MR) is 83.9 cm³/mol. The van der Waals surface area contributed by atoms with Gasteiger partial charge in [-0.3, -0.25) is 0 Å². The van der Waals surface area contributed by atoms with E-state index in [2.05, 4.69) is 40.7 Å². The molecule has 18 heavy (non-hydrogen) atoms. The summed E-state index contributed by atoms with van der Waals surface area (Å²) >= 11 is 0. The molecular formula is C17H34O. The minimum Gasteiger partial charge on any atom is -0.512 e. The van der Waals surface area contributed by atoms with Crippen LogP contribution in [0.2, 0.25) is 0 Å². The van der Waals surface area contributed by atoms with Gasteiger partial charge in [-0.25, -0.2) is 0 Å². The van der Waals surface area contributed by atoms with Gasteiger partial charge in [0.1, 0.15) is 0 Å². The highest BCUT2D eigenvalue weighted by atomic mass is 16.3. The molecule has 1 nitrogen and oxygen atoms in total. The van der Waals surface area contributed by atoms with Gasteiger partial charge in [-0.15, -0.1) is 0 Å². The van der Waals surface area contributed by atoms with Gasteiger partial charge in [0.2, 0.25) is 0 Å². The molecule has 0 spiro atoms. The average Bonchev–Trinajstić information content (AvgIpc) is 2.34. The third-order valence-corrected chi connectivity index (χ3v) is 3.02. The van der Waals surface area contributed by atoms with Crippen LogP contribution in [-0.2, 0) is 0 Å². The second kappa shape index (κ2) is 11.4. The first-order valence-corrected chi connectivity index (χ1v) is 7.44. The summed E-state index contributed by atoms with van der Waals surface area (Å²) in [6, 6.07) is 0. The van der Waals surface area contributed by atoms with Crippen LogP contribution in [0, 0.1) is 17.8 Å². The van der Waals surface area contributed by atoms with Crippen molar-refractivity contribution in [3.05, 3.63) is 23.5 Å². The first-order chi connectivity index (χ1) is 8.38. The first-order valence-electron chi connectivity index (χ1n) is 7.44. The molecule has 0 amide bonds. The van der Waals surface area contributed by atoms with Gasteiger partial charge in [-0.2, -0.15) is 0 Å². The van der Waals surface area contributed by atoms with E-state index in [-0.39, 0.29) is 0 Å². The van der Waals surface area contributed by atoms with Crippen molar-refractivity contribution in [2.45, 2.75) is 68.2 Å². The molecule has 0 saturated heterocycles. The van der Waals surface area contributed by atoms with E-state index in [1.54, 1.807) is 0 Å². The molecule has 0 radical (unpaired) electrons. The van der Waals surface area contributed by atoms with Crippen LogP contribution in [0.1, 0.15) is 68.2 Å². The largest absolute Gasteiger partial charge is 0.512 e. The number of hydrogen-bond acceptors (Lipinski definition) is 1. The fourth-order valence-electron chi connectivity index (χ4n) is 1.96. The van der Waals surface area contributed by atoms with Gasteiger partial charge in [-0.1, -0.05) is 60.1 Å². The zero-order chi connectivity index (χ0) is 14.7. The Kier molecular flexibility index (Phi) is 12.4. The van der Waals surface area contributed by atoms with Crippen molar-refractivity contribution >= 4 is 0 Å². The van der Waals surface area contributed by atoms with E-state index in [1.807, 2.05) is 26.8 Å². The topological polar surface area (TPSA) is 20.2 Å². The maximum absolute atomic E-state index is 9.43. The van der Waals surface area contributed by atoms with Gasteiger partial charge in [-0.05, 0) is 37.2 Å². The Morgan fingerprint density at radius 1 is 1.06 bits per heavy atom. The lowest BCUT2D eigenvalue weighted by molar-refractivity contribution is 0.362. The van der Waals surface area contributed by atoms with Gasteiger partial charge in [0.15, 0.2) is 0 Å². The van der Waals surface area contributed by atoms with E-state index in [9.17, 15) is 5.11 Å². The maximum Gasteiger partial charge on any atom is 0.0919 e.